The van der Waals surface area contributed by atoms with Crippen LogP contribution in [0.1, 0.15) is 68.4 Å². The summed E-state index contributed by atoms with van der Waals surface area (Å²) in [5.41, 5.74) is 3.74. The van der Waals surface area contributed by atoms with Gasteiger partial charge in [0.05, 0.1) is 5.69 Å². The second-order valence-corrected chi connectivity index (χ2v) is 8.38. The van der Waals surface area contributed by atoms with Crippen LogP contribution >= 0.6 is 0 Å². The van der Waals surface area contributed by atoms with Crippen LogP contribution in [0.2, 0.25) is 0 Å². The van der Waals surface area contributed by atoms with Crippen LogP contribution in [0.3, 0.4) is 0 Å². The molecule has 0 spiro atoms. The first kappa shape index (κ1) is 17.7. The first-order valence-electron chi connectivity index (χ1n) is 9.13. The summed E-state index contributed by atoms with van der Waals surface area (Å²) in [7, 11) is 1.78. The average Bonchev–Trinajstić information content (AvgIpc) is 2.96. The number of carboxylic acid groups (broad SMARTS) is 1. The highest BCUT2D eigenvalue weighted by atomic mass is 16.4. The lowest BCUT2D eigenvalue weighted by Gasteiger charge is -2.37. The lowest BCUT2D eigenvalue weighted by molar-refractivity contribution is 0.0689. The standard InChI is InChI=1S/C21H28N2O2/c1-21(2,3)17-11-9-15(10-12-17)14-5-7-16(8-6-14)19-13-18(20(24)25)22-23(19)4/h5-8,13,15,17H,9-12H2,1-4H3,(H,24,25). The molecule has 4 heteroatoms. The van der Waals surface area contributed by atoms with Crippen molar-refractivity contribution in [3.63, 3.8) is 0 Å². The van der Waals surface area contributed by atoms with Crippen molar-refractivity contribution in [2.45, 2.75) is 52.4 Å². The molecule has 134 valence electrons. The van der Waals surface area contributed by atoms with E-state index in [9.17, 15) is 4.79 Å². The summed E-state index contributed by atoms with van der Waals surface area (Å²) in [5, 5.41) is 13.1. The maximum Gasteiger partial charge on any atom is 0.356 e. The molecule has 1 aliphatic carbocycles. The number of hydrogen-bond donors (Lipinski definition) is 1. The molecule has 0 unspecified atom stereocenters. The Hall–Kier alpha value is -2.10. The fourth-order valence-electron chi connectivity index (χ4n) is 4.06. The van der Waals surface area contributed by atoms with E-state index in [-0.39, 0.29) is 5.69 Å². The molecule has 4 nitrogen and oxygen atoms in total. The number of carbonyl (C=O) groups is 1. The normalized spacial score (nSPS) is 21.3. The topological polar surface area (TPSA) is 55.1 Å². The van der Waals surface area contributed by atoms with Crippen LogP contribution in [-0.2, 0) is 7.05 Å². The monoisotopic (exact) mass is 340 g/mol. The molecule has 1 saturated carbocycles. The molecule has 25 heavy (non-hydrogen) atoms. The van der Waals surface area contributed by atoms with Crippen LogP contribution in [0.5, 0.6) is 0 Å². The molecule has 0 atom stereocenters. The van der Waals surface area contributed by atoms with E-state index in [4.69, 9.17) is 5.11 Å². The summed E-state index contributed by atoms with van der Waals surface area (Å²) < 4.78 is 1.63. The molecule has 1 fully saturated rings. The van der Waals surface area contributed by atoms with E-state index in [1.807, 2.05) is 0 Å². The van der Waals surface area contributed by atoms with Crippen LogP contribution in [-0.4, -0.2) is 20.9 Å². The van der Waals surface area contributed by atoms with E-state index in [0.717, 1.165) is 17.2 Å². The second-order valence-electron chi connectivity index (χ2n) is 8.38. The van der Waals surface area contributed by atoms with Gasteiger partial charge in [-0.05, 0) is 60.1 Å². The SMILES string of the molecule is Cn1nc(C(=O)O)cc1-c1ccc(C2CCC(C(C)(C)C)CC2)cc1. The molecule has 0 amide bonds. The first-order chi connectivity index (χ1) is 11.8. The van der Waals surface area contributed by atoms with Crippen molar-refractivity contribution in [2.75, 3.05) is 0 Å². The van der Waals surface area contributed by atoms with Crippen LogP contribution in [0.25, 0.3) is 11.3 Å². The summed E-state index contributed by atoms with van der Waals surface area (Å²) in [5.74, 6) is 0.481. The van der Waals surface area contributed by atoms with E-state index < -0.39 is 5.97 Å². The van der Waals surface area contributed by atoms with Crippen molar-refractivity contribution < 1.29 is 9.90 Å². The van der Waals surface area contributed by atoms with Crippen molar-refractivity contribution in [3.8, 4) is 11.3 Å². The van der Waals surface area contributed by atoms with Gasteiger partial charge in [-0.15, -0.1) is 0 Å². The van der Waals surface area contributed by atoms with Gasteiger partial charge in [-0.25, -0.2) is 4.79 Å². The van der Waals surface area contributed by atoms with Crippen LogP contribution < -0.4 is 0 Å². The maximum absolute atomic E-state index is 11.1. The Labute approximate surface area is 149 Å². The van der Waals surface area contributed by atoms with Crippen molar-refractivity contribution in [3.05, 3.63) is 41.6 Å². The zero-order valence-electron chi connectivity index (χ0n) is 15.6. The third kappa shape index (κ3) is 3.78. The smallest absolute Gasteiger partial charge is 0.356 e. The zero-order chi connectivity index (χ0) is 18.2. The predicted octanol–water partition coefficient (Wildman–Crippen LogP) is 5.11. The summed E-state index contributed by atoms with van der Waals surface area (Å²) in [4.78, 5) is 11.1. The molecule has 0 radical (unpaired) electrons. The molecule has 0 saturated heterocycles. The Balaban J connectivity index is 1.72. The third-order valence-electron chi connectivity index (χ3n) is 5.73. The first-order valence-corrected chi connectivity index (χ1v) is 9.13. The number of aromatic carboxylic acids is 1. The molecule has 1 N–H and O–H groups in total. The van der Waals surface area contributed by atoms with Crippen LogP contribution in [0, 0.1) is 11.3 Å². The Morgan fingerprint density at radius 1 is 1.12 bits per heavy atom. The van der Waals surface area contributed by atoms with E-state index in [1.54, 1.807) is 17.8 Å². The lowest BCUT2D eigenvalue weighted by atomic mass is 9.68. The van der Waals surface area contributed by atoms with Crippen molar-refractivity contribution >= 4 is 5.97 Å². The van der Waals surface area contributed by atoms with Gasteiger partial charge < -0.3 is 5.11 Å². The minimum Gasteiger partial charge on any atom is -0.476 e. The van der Waals surface area contributed by atoms with E-state index in [1.165, 1.54) is 31.2 Å². The summed E-state index contributed by atoms with van der Waals surface area (Å²) in [6.07, 6.45) is 5.13. The summed E-state index contributed by atoms with van der Waals surface area (Å²) >= 11 is 0. The van der Waals surface area contributed by atoms with Gasteiger partial charge in [-0.1, -0.05) is 45.0 Å². The molecule has 0 bridgehead atoms. The van der Waals surface area contributed by atoms with E-state index in [2.05, 4.69) is 50.1 Å². The average molecular weight is 340 g/mol. The highest BCUT2D eigenvalue weighted by molar-refractivity contribution is 5.87. The molecule has 3 rings (SSSR count). The Morgan fingerprint density at radius 2 is 1.72 bits per heavy atom. The summed E-state index contributed by atoms with van der Waals surface area (Å²) in [6.45, 7) is 7.06. The molecule has 1 aliphatic rings. The highest BCUT2D eigenvalue weighted by Crippen LogP contribution is 2.43. The highest BCUT2D eigenvalue weighted by Gasteiger charge is 2.30. The van der Waals surface area contributed by atoms with Gasteiger partial charge in [0, 0.05) is 7.05 Å². The molecule has 2 aromatic rings. The van der Waals surface area contributed by atoms with Crippen molar-refractivity contribution in [1.29, 1.82) is 0 Å². The van der Waals surface area contributed by atoms with Gasteiger partial charge in [0.1, 0.15) is 0 Å². The predicted molar refractivity (Wildman–Crippen MR) is 99.8 cm³/mol. The Bertz CT molecular complexity index is 745. The molecule has 0 aliphatic heterocycles. The maximum atomic E-state index is 11.1. The van der Waals surface area contributed by atoms with Crippen LogP contribution in [0.4, 0.5) is 0 Å². The largest absolute Gasteiger partial charge is 0.476 e. The number of carboxylic acids is 1. The van der Waals surface area contributed by atoms with Gasteiger partial charge in [0.2, 0.25) is 0 Å². The number of aryl methyl sites for hydroxylation is 1. The molecular weight excluding hydrogens is 312 g/mol. The molecule has 1 heterocycles. The summed E-state index contributed by atoms with van der Waals surface area (Å²) in [6, 6.07) is 10.2. The molecule has 1 aromatic heterocycles. The van der Waals surface area contributed by atoms with Gasteiger partial charge in [-0.3, -0.25) is 4.68 Å². The number of benzene rings is 1. The number of hydrogen-bond acceptors (Lipinski definition) is 2. The number of aromatic nitrogens is 2. The minimum atomic E-state index is -0.992. The Morgan fingerprint density at radius 3 is 2.20 bits per heavy atom. The van der Waals surface area contributed by atoms with Gasteiger partial charge in [0.15, 0.2) is 5.69 Å². The van der Waals surface area contributed by atoms with Crippen LogP contribution in [0.15, 0.2) is 30.3 Å². The molecular formula is C21H28N2O2. The fourth-order valence-corrected chi connectivity index (χ4v) is 4.06. The zero-order valence-corrected chi connectivity index (χ0v) is 15.6. The second kappa shape index (κ2) is 6.66. The number of rotatable bonds is 3. The lowest BCUT2D eigenvalue weighted by Crippen LogP contribution is -2.25. The Kier molecular flexibility index (Phi) is 4.72. The minimum absolute atomic E-state index is 0.0853. The van der Waals surface area contributed by atoms with Gasteiger partial charge in [0.25, 0.3) is 0 Å². The van der Waals surface area contributed by atoms with Crippen molar-refractivity contribution in [1.82, 2.24) is 9.78 Å². The van der Waals surface area contributed by atoms with Crippen molar-refractivity contribution in [2.24, 2.45) is 18.4 Å². The third-order valence-corrected chi connectivity index (χ3v) is 5.73. The molecule has 1 aromatic carbocycles. The number of nitrogens with zero attached hydrogens (tertiary/aromatic N) is 2. The van der Waals surface area contributed by atoms with Gasteiger partial charge in [-0.2, -0.15) is 5.10 Å². The fraction of sp³-hybridized carbons (Fsp3) is 0.524. The van der Waals surface area contributed by atoms with E-state index >= 15 is 0 Å². The van der Waals surface area contributed by atoms with E-state index in [0.29, 0.717) is 11.3 Å². The van der Waals surface area contributed by atoms with Gasteiger partial charge >= 0.3 is 5.97 Å². The quantitative estimate of drug-likeness (QED) is 0.845.